The predicted molar refractivity (Wildman–Crippen MR) is 96.7 cm³/mol. The molecule has 1 atom stereocenters. The van der Waals surface area contributed by atoms with Crippen molar-refractivity contribution in [2.45, 2.75) is 18.9 Å². The summed E-state index contributed by atoms with van der Waals surface area (Å²) >= 11 is 0. The van der Waals surface area contributed by atoms with Crippen molar-refractivity contribution < 1.29 is 4.79 Å². The second kappa shape index (κ2) is 5.84. The lowest BCUT2D eigenvalue weighted by Gasteiger charge is -2.46. The number of likely N-dealkylation sites (N-methyl/N-ethyl adjacent to an activating group) is 1. The summed E-state index contributed by atoms with van der Waals surface area (Å²) in [6.45, 7) is 4.98. The van der Waals surface area contributed by atoms with Gasteiger partial charge in [0.05, 0.1) is 24.0 Å². The van der Waals surface area contributed by atoms with Crippen LogP contribution in [0.5, 0.6) is 0 Å². The number of aromatic nitrogens is 3. The average Bonchev–Trinajstić information content (AvgIpc) is 3.19. The lowest BCUT2D eigenvalue weighted by molar-refractivity contribution is -0.123. The number of rotatable bonds is 2. The normalized spacial score (nSPS) is 24.5. The van der Waals surface area contributed by atoms with Gasteiger partial charge in [0.25, 0.3) is 0 Å². The lowest BCUT2D eigenvalue weighted by atomic mass is 9.93. The van der Waals surface area contributed by atoms with Crippen LogP contribution >= 0.6 is 0 Å². The Kier molecular flexibility index (Phi) is 3.76. The van der Waals surface area contributed by atoms with Gasteiger partial charge in [-0.25, -0.2) is 4.98 Å². The minimum atomic E-state index is -0.0465. The monoisotopic (exact) mass is 340 g/mol. The first kappa shape index (κ1) is 16.1. The third-order valence-electron chi connectivity index (χ3n) is 5.47. The highest BCUT2D eigenvalue weighted by Crippen LogP contribution is 2.34. The fourth-order valence-corrected chi connectivity index (χ4v) is 3.94. The Bertz CT molecular complexity index is 802. The molecular formula is C18H24N6O. The first-order chi connectivity index (χ1) is 12.0. The molecule has 25 heavy (non-hydrogen) atoms. The van der Waals surface area contributed by atoms with Crippen LogP contribution < -0.4 is 9.80 Å². The van der Waals surface area contributed by atoms with Crippen LogP contribution in [0.1, 0.15) is 12.1 Å². The molecular weight excluding hydrogens is 316 g/mol. The quantitative estimate of drug-likeness (QED) is 0.818. The Morgan fingerprint density at radius 1 is 1.20 bits per heavy atom. The molecule has 4 heterocycles. The number of nitrogens with zero attached hydrogens (tertiary/aromatic N) is 6. The number of hydrogen-bond acceptors (Lipinski definition) is 5. The zero-order valence-electron chi connectivity index (χ0n) is 15.0. The summed E-state index contributed by atoms with van der Waals surface area (Å²) in [5, 5.41) is 4.22. The minimum absolute atomic E-state index is 0.0465. The molecule has 0 bridgehead atoms. The van der Waals surface area contributed by atoms with Crippen LogP contribution in [0.4, 0.5) is 11.5 Å². The van der Waals surface area contributed by atoms with E-state index in [1.165, 1.54) is 0 Å². The van der Waals surface area contributed by atoms with Crippen molar-refractivity contribution in [3.05, 3.63) is 36.3 Å². The summed E-state index contributed by atoms with van der Waals surface area (Å²) in [6, 6.07) is 6.14. The highest BCUT2D eigenvalue weighted by molar-refractivity contribution is 5.95. The van der Waals surface area contributed by atoms with E-state index in [2.05, 4.69) is 39.1 Å². The zero-order valence-corrected chi connectivity index (χ0v) is 15.0. The lowest BCUT2D eigenvalue weighted by Crippen LogP contribution is -2.64. The molecule has 7 nitrogen and oxygen atoms in total. The highest BCUT2D eigenvalue weighted by Gasteiger charge is 2.48. The molecule has 1 unspecified atom stereocenters. The van der Waals surface area contributed by atoms with Crippen molar-refractivity contribution in [2.24, 2.45) is 7.05 Å². The molecule has 2 saturated heterocycles. The zero-order chi connectivity index (χ0) is 17.6. The van der Waals surface area contributed by atoms with E-state index in [0.717, 1.165) is 36.7 Å². The molecule has 132 valence electrons. The molecule has 0 saturated carbocycles. The van der Waals surface area contributed by atoms with Crippen LogP contribution in [0, 0.1) is 6.92 Å². The number of carbonyl (C=O) groups is 1. The summed E-state index contributed by atoms with van der Waals surface area (Å²) < 4.78 is 1.74. The standard InChI is InChI=1S/C18H24N6O/c1-14-5-4-6-16(20-14)23-8-7-18(12-23)13-24(17(25)11-21(18)2)15-9-19-22(3)10-15/h4-6,9-10H,7-8,11-13H2,1-3H3. The maximum Gasteiger partial charge on any atom is 0.241 e. The van der Waals surface area contributed by atoms with Crippen LogP contribution in [0.15, 0.2) is 30.6 Å². The smallest absolute Gasteiger partial charge is 0.241 e. The van der Waals surface area contributed by atoms with E-state index in [4.69, 9.17) is 0 Å². The van der Waals surface area contributed by atoms with Crippen molar-refractivity contribution in [2.75, 3.05) is 43.0 Å². The van der Waals surface area contributed by atoms with E-state index in [0.29, 0.717) is 13.1 Å². The molecule has 0 aliphatic carbocycles. The molecule has 2 aromatic rings. The minimum Gasteiger partial charge on any atom is -0.355 e. The van der Waals surface area contributed by atoms with Crippen LogP contribution in [-0.4, -0.2) is 64.3 Å². The van der Waals surface area contributed by atoms with Gasteiger partial charge in [0.2, 0.25) is 5.91 Å². The molecule has 2 aromatic heterocycles. The predicted octanol–water partition coefficient (Wildman–Crippen LogP) is 1.05. The van der Waals surface area contributed by atoms with E-state index in [1.54, 1.807) is 10.9 Å². The van der Waals surface area contributed by atoms with Crippen LogP contribution in [0.2, 0.25) is 0 Å². The van der Waals surface area contributed by atoms with Gasteiger partial charge >= 0.3 is 0 Å². The van der Waals surface area contributed by atoms with E-state index < -0.39 is 0 Å². The second-order valence-corrected chi connectivity index (χ2v) is 7.24. The van der Waals surface area contributed by atoms with Gasteiger partial charge in [-0.1, -0.05) is 6.07 Å². The SMILES string of the molecule is Cc1cccc(N2CCC3(C2)CN(c2cnn(C)c2)C(=O)CN3C)n1. The van der Waals surface area contributed by atoms with Crippen molar-refractivity contribution in [1.29, 1.82) is 0 Å². The van der Waals surface area contributed by atoms with Gasteiger partial charge in [-0.2, -0.15) is 5.10 Å². The number of amides is 1. The molecule has 7 heteroatoms. The first-order valence-corrected chi connectivity index (χ1v) is 8.66. The Hall–Kier alpha value is -2.41. The summed E-state index contributed by atoms with van der Waals surface area (Å²) in [6.07, 6.45) is 4.70. The number of hydrogen-bond donors (Lipinski definition) is 0. The summed E-state index contributed by atoms with van der Waals surface area (Å²) in [7, 11) is 3.94. The molecule has 2 fully saturated rings. The number of pyridine rings is 1. The fourth-order valence-electron chi connectivity index (χ4n) is 3.94. The summed E-state index contributed by atoms with van der Waals surface area (Å²) in [5.74, 6) is 1.16. The number of anilines is 2. The number of aryl methyl sites for hydroxylation is 2. The molecule has 0 radical (unpaired) electrons. The summed E-state index contributed by atoms with van der Waals surface area (Å²) in [5.41, 5.74) is 1.87. The van der Waals surface area contributed by atoms with Crippen LogP contribution in [-0.2, 0) is 11.8 Å². The van der Waals surface area contributed by atoms with Crippen LogP contribution in [0.3, 0.4) is 0 Å². The Morgan fingerprint density at radius 3 is 2.76 bits per heavy atom. The largest absolute Gasteiger partial charge is 0.355 e. The third kappa shape index (κ3) is 2.78. The van der Waals surface area contributed by atoms with Crippen molar-refractivity contribution in [3.63, 3.8) is 0 Å². The van der Waals surface area contributed by atoms with E-state index in [1.807, 2.05) is 31.1 Å². The molecule has 1 spiro atoms. The van der Waals surface area contributed by atoms with E-state index in [9.17, 15) is 4.79 Å². The molecule has 2 aliphatic heterocycles. The number of carbonyl (C=O) groups excluding carboxylic acids is 1. The van der Waals surface area contributed by atoms with Crippen molar-refractivity contribution in [3.8, 4) is 0 Å². The van der Waals surface area contributed by atoms with Crippen LogP contribution in [0.25, 0.3) is 0 Å². The average molecular weight is 340 g/mol. The maximum atomic E-state index is 12.6. The fraction of sp³-hybridized carbons (Fsp3) is 0.500. The third-order valence-corrected chi connectivity index (χ3v) is 5.47. The first-order valence-electron chi connectivity index (χ1n) is 8.66. The van der Waals surface area contributed by atoms with Crippen molar-refractivity contribution >= 4 is 17.4 Å². The Morgan fingerprint density at radius 2 is 2.04 bits per heavy atom. The van der Waals surface area contributed by atoms with Gasteiger partial charge in [0.15, 0.2) is 0 Å². The Labute approximate surface area is 147 Å². The van der Waals surface area contributed by atoms with Gasteiger partial charge in [-0.3, -0.25) is 14.4 Å². The maximum absolute atomic E-state index is 12.6. The molecule has 2 aliphatic rings. The van der Waals surface area contributed by atoms with Gasteiger partial charge < -0.3 is 9.80 Å². The molecule has 1 amide bonds. The number of piperazine rings is 1. The highest BCUT2D eigenvalue weighted by atomic mass is 16.2. The van der Waals surface area contributed by atoms with E-state index in [-0.39, 0.29) is 11.4 Å². The van der Waals surface area contributed by atoms with Gasteiger partial charge in [-0.15, -0.1) is 0 Å². The van der Waals surface area contributed by atoms with Gasteiger partial charge in [-0.05, 0) is 32.5 Å². The second-order valence-electron chi connectivity index (χ2n) is 7.24. The van der Waals surface area contributed by atoms with Gasteiger partial charge in [0, 0.05) is 38.6 Å². The van der Waals surface area contributed by atoms with Gasteiger partial charge in [0.1, 0.15) is 5.82 Å². The molecule has 0 aromatic carbocycles. The molecule has 4 rings (SSSR count). The summed E-state index contributed by atoms with van der Waals surface area (Å²) in [4.78, 5) is 23.7. The Balaban J connectivity index is 1.59. The molecule has 0 N–H and O–H groups in total. The van der Waals surface area contributed by atoms with E-state index >= 15 is 0 Å². The topological polar surface area (TPSA) is 57.5 Å². The van der Waals surface area contributed by atoms with Crippen molar-refractivity contribution in [1.82, 2.24) is 19.7 Å².